The summed E-state index contributed by atoms with van der Waals surface area (Å²) in [6.45, 7) is 0. The second kappa shape index (κ2) is 6.12. The number of rotatable bonds is 3. The Bertz CT molecular complexity index is 715. The Morgan fingerprint density at radius 2 is 2.18 bits per heavy atom. The molecule has 1 aliphatic heterocycles. The van der Waals surface area contributed by atoms with E-state index in [1.165, 1.54) is 0 Å². The highest BCUT2D eigenvalue weighted by Gasteiger charge is 2.31. The first-order chi connectivity index (χ1) is 10.6. The summed E-state index contributed by atoms with van der Waals surface area (Å²) in [6.07, 6.45) is 5.22. The molecule has 3 rings (SSSR count). The van der Waals surface area contributed by atoms with Crippen LogP contribution in [-0.4, -0.2) is 37.7 Å². The first-order valence-electron chi connectivity index (χ1n) is 7.03. The molecule has 6 nitrogen and oxygen atoms in total. The predicted molar refractivity (Wildman–Crippen MR) is 84.9 cm³/mol. The van der Waals surface area contributed by atoms with Gasteiger partial charge in [-0.1, -0.05) is 18.2 Å². The highest BCUT2D eigenvalue weighted by Crippen LogP contribution is 2.28. The van der Waals surface area contributed by atoms with Gasteiger partial charge in [0.2, 0.25) is 0 Å². The van der Waals surface area contributed by atoms with Crippen LogP contribution in [0.15, 0.2) is 36.7 Å². The molecule has 0 aliphatic carbocycles. The van der Waals surface area contributed by atoms with Gasteiger partial charge in [0, 0.05) is 31.9 Å². The van der Waals surface area contributed by atoms with Gasteiger partial charge in [-0.2, -0.15) is 5.10 Å². The molecule has 7 heteroatoms. The Balaban J connectivity index is 1.89. The number of carbonyl (C=O) groups is 1. The summed E-state index contributed by atoms with van der Waals surface area (Å²) in [6, 6.07) is 7.58. The van der Waals surface area contributed by atoms with Crippen LogP contribution in [0.25, 0.3) is 11.1 Å². The Labute approximate surface area is 131 Å². The van der Waals surface area contributed by atoms with Crippen molar-refractivity contribution in [3.8, 4) is 11.1 Å². The van der Waals surface area contributed by atoms with Crippen molar-refractivity contribution in [1.82, 2.24) is 18.8 Å². The van der Waals surface area contributed by atoms with Crippen molar-refractivity contribution in [3.05, 3.63) is 42.2 Å². The SMILES string of the molecule is CN1C(C=O)CC(c2cccc(-c3cnn(C)c3)c2)NS1=O. The summed E-state index contributed by atoms with van der Waals surface area (Å²) in [5, 5.41) is 4.18. The number of carbonyl (C=O) groups excluding carboxylic acids is 1. The number of aryl methyl sites for hydroxylation is 1. The summed E-state index contributed by atoms with van der Waals surface area (Å²) in [5.41, 5.74) is 3.11. The van der Waals surface area contributed by atoms with Crippen molar-refractivity contribution >= 4 is 17.5 Å². The lowest BCUT2D eigenvalue weighted by atomic mass is 9.97. The molecule has 0 bridgehead atoms. The molecule has 1 fully saturated rings. The molecule has 3 unspecified atom stereocenters. The number of likely N-dealkylation sites (N-methyl/N-ethyl adjacent to an activating group) is 1. The minimum atomic E-state index is -1.36. The lowest BCUT2D eigenvalue weighted by molar-refractivity contribution is -0.111. The molecule has 2 aromatic rings. The van der Waals surface area contributed by atoms with Crippen molar-refractivity contribution in [2.75, 3.05) is 7.05 Å². The highest BCUT2D eigenvalue weighted by atomic mass is 32.2. The van der Waals surface area contributed by atoms with Gasteiger partial charge in [0.15, 0.2) is 11.2 Å². The van der Waals surface area contributed by atoms with Gasteiger partial charge in [0.05, 0.1) is 12.2 Å². The third-order valence-corrected chi connectivity index (χ3v) is 5.21. The quantitative estimate of drug-likeness (QED) is 0.865. The molecule has 0 amide bonds. The lowest BCUT2D eigenvalue weighted by Gasteiger charge is -2.33. The molecule has 0 spiro atoms. The van der Waals surface area contributed by atoms with E-state index in [9.17, 15) is 9.00 Å². The Morgan fingerprint density at radius 3 is 2.86 bits per heavy atom. The first kappa shape index (κ1) is 15.1. The molecule has 3 atom stereocenters. The summed E-state index contributed by atoms with van der Waals surface area (Å²) >= 11 is -1.36. The molecule has 1 saturated heterocycles. The zero-order valence-electron chi connectivity index (χ0n) is 12.5. The number of aromatic nitrogens is 2. The predicted octanol–water partition coefficient (Wildman–Crippen LogP) is 1.20. The third-order valence-electron chi connectivity index (χ3n) is 3.93. The smallest absolute Gasteiger partial charge is 0.170 e. The number of hydrogen-bond donors (Lipinski definition) is 1. The van der Waals surface area contributed by atoms with Gasteiger partial charge in [-0.3, -0.25) is 4.68 Å². The molecule has 22 heavy (non-hydrogen) atoms. The van der Waals surface area contributed by atoms with E-state index >= 15 is 0 Å². The maximum atomic E-state index is 12.1. The van der Waals surface area contributed by atoms with Crippen LogP contribution in [0.3, 0.4) is 0 Å². The fraction of sp³-hybridized carbons (Fsp3) is 0.333. The number of nitrogens with one attached hydrogen (secondary N) is 1. The molecule has 1 N–H and O–H groups in total. The van der Waals surface area contributed by atoms with Gasteiger partial charge >= 0.3 is 0 Å². The summed E-state index contributed by atoms with van der Waals surface area (Å²) in [7, 11) is 3.56. The average molecular weight is 318 g/mol. The first-order valence-corrected chi connectivity index (χ1v) is 8.14. The number of benzene rings is 1. The van der Waals surface area contributed by atoms with Gasteiger partial charge in [0.1, 0.15) is 6.29 Å². The second-order valence-electron chi connectivity index (χ2n) is 5.43. The fourth-order valence-electron chi connectivity index (χ4n) is 2.62. The molecule has 2 heterocycles. The molecule has 1 aliphatic rings. The summed E-state index contributed by atoms with van der Waals surface area (Å²) in [5.74, 6) is 0. The Hall–Kier alpha value is -1.83. The van der Waals surface area contributed by atoms with Crippen LogP contribution in [0.2, 0.25) is 0 Å². The van der Waals surface area contributed by atoms with Crippen LogP contribution < -0.4 is 4.72 Å². The molecule has 1 aromatic carbocycles. The van der Waals surface area contributed by atoms with Crippen molar-refractivity contribution in [2.24, 2.45) is 7.05 Å². The average Bonchev–Trinajstić information content (AvgIpc) is 2.96. The molecule has 0 saturated carbocycles. The van der Waals surface area contributed by atoms with Gasteiger partial charge in [-0.25, -0.2) is 13.2 Å². The zero-order valence-corrected chi connectivity index (χ0v) is 13.3. The largest absolute Gasteiger partial charge is 0.302 e. The van der Waals surface area contributed by atoms with Crippen LogP contribution >= 0.6 is 0 Å². The Kier molecular flexibility index (Phi) is 4.19. The van der Waals surface area contributed by atoms with Crippen LogP contribution in [0.4, 0.5) is 0 Å². The second-order valence-corrected chi connectivity index (χ2v) is 6.74. The summed E-state index contributed by atoms with van der Waals surface area (Å²) < 4.78 is 18.4. The normalized spacial score (nSPS) is 26.0. The van der Waals surface area contributed by atoms with E-state index in [0.717, 1.165) is 23.0 Å². The van der Waals surface area contributed by atoms with Crippen molar-refractivity contribution in [3.63, 3.8) is 0 Å². The maximum Gasteiger partial charge on any atom is 0.170 e. The van der Waals surface area contributed by atoms with Gasteiger partial charge in [-0.05, 0) is 23.6 Å². The molecular formula is C15H18N4O2S. The molecule has 116 valence electrons. The molecular weight excluding hydrogens is 300 g/mol. The van der Waals surface area contributed by atoms with Gasteiger partial charge < -0.3 is 4.79 Å². The van der Waals surface area contributed by atoms with E-state index in [2.05, 4.69) is 15.9 Å². The number of aldehydes is 1. The van der Waals surface area contributed by atoms with E-state index < -0.39 is 11.2 Å². The van der Waals surface area contributed by atoms with Crippen LogP contribution in [0.5, 0.6) is 0 Å². The van der Waals surface area contributed by atoms with Crippen LogP contribution in [0, 0.1) is 0 Å². The van der Waals surface area contributed by atoms with Gasteiger partial charge in [0.25, 0.3) is 0 Å². The molecule has 0 radical (unpaired) electrons. The van der Waals surface area contributed by atoms with Gasteiger partial charge in [-0.15, -0.1) is 0 Å². The third kappa shape index (κ3) is 2.87. The molecule has 1 aromatic heterocycles. The van der Waals surface area contributed by atoms with Crippen LogP contribution in [-0.2, 0) is 23.0 Å². The van der Waals surface area contributed by atoms with Crippen molar-refractivity contribution in [2.45, 2.75) is 18.5 Å². The van der Waals surface area contributed by atoms with E-state index in [1.807, 2.05) is 37.6 Å². The standard InChI is InChI=1S/C15H18N4O2S/c1-18-9-13(8-16-18)11-4-3-5-12(6-11)15-7-14(10-20)19(2)22(21)17-15/h3-6,8-10,14-15,17H,7H2,1-2H3. The van der Waals surface area contributed by atoms with Crippen molar-refractivity contribution in [1.29, 1.82) is 0 Å². The highest BCUT2D eigenvalue weighted by molar-refractivity contribution is 7.80. The van der Waals surface area contributed by atoms with Crippen LogP contribution in [0.1, 0.15) is 18.0 Å². The summed E-state index contributed by atoms with van der Waals surface area (Å²) in [4.78, 5) is 11.2. The van der Waals surface area contributed by atoms with E-state index in [1.54, 1.807) is 16.0 Å². The maximum absolute atomic E-state index is 12.1. The Morgan fingerprint density at radius 1 is 1.36 bits per heavy atom. The fourth-order valence-corrected chi connectivity index (χ4v) is 3.64. The topological polar surface area (TPSA) is 67.2 Å². The monoisotopic (exact) mass is 318 g/mol. The number of hydrogen-bond acceptors (Lipinski definition) is 3. The minimum absolute atomic E-state index is 0.108. The minimum Gasteiger partial charge on any atom is -0.302 e. The van der Waals surface area contributed by atoms with E-state index in [-0.39, 0.29) is 12.1 Å². The van der Waals surface area contributed by atoms with E-state index in [4.69, 9.17) is 0 Å². The zero-order chi connectivity index (χ0) is 15.7. The number of nitrogens with zero attached hydrogens (tertiary/aromatic N) is 3. The van der Waals surface area contributed by atoms with Crippen molar-refractivity contribution < 1.29 is 9.00 Å². The van der Waals surface area contributed by atoms with E-state index in [0.29, 0.717) is 6.42 Å². The lowest BCUT2D eigenvalue weighted by Crippen LogP contribution is -2.48.